The Kier molecular flexibility index (Phi) is 12.9. The summed E-state index contributed by atoms with van der Waals surface area (Å²) in [6.07, 6.45) is 12.0. The van der Waals surface area contributed by atoms with Gasteiger partial charge >= 0.3 is 5.97 Å². The molecule has 2 aromatic carbocycles. The topological polar surface area (TPSA) is 87.0 Å². The molecule has 3 rings (SSSR count). The van der Waals surface area contributed by atoms with Gasteiger partial charge in [0.2, 0.25) is 6.79 Å². The molecule has 40 heavy (non-hydrogen) atoms. The SMILES string of the molecule is C=C(C)C(=O)OCCCCCCCCCCCOc1ccc(/C=C(\C#N)c2ccc3c(c2)OCO3)cc1OCC. The lowest BCUT2D eigenvalue weighted by Gasteiger charge is -2.13. The number of hydrogen-bond acceptors (Lipinski definition) is 7. The summed E-state index contributed by atoms with van der Waals surface area (Å²) in [6.45, 7) is 9.04. The van der Waals surface area contributed by atoms with Crippen molar-refractivity contribution < 1.29 is 28.5 Å². The Hall–Kier alpha value is -3.92. The number of carbonyl (C=O) groups is 1. The van der Waals surface area contributed by atoms with Crippen LogP contribution in [0.25, 0.3) is 11.6 Å². The van der Waals surface area contributed by atoms with E-state index >= 15 is 0 Å². The van der Waals surface area contributed by atoms with Crippen LogP contribution in [0.2, 0.25) is 0 Å². The quantitative estimate of drug-likeness (QED) is 0.0616. The number of allylic oxidation sites excluding steroid dienone is 1. The maximum absolute atomic E-state index is 11.3. The fourth-order valence-corrected chi connectivity index (χ4v) is 4.32. The summed E-state index contributed by atoms with van der Waals surface area (Å²) in [5.41, 5.74) is 2.61. The number of hydrogen-bond donors (Lipinski definition) is 0. The molecule has 0 atom stereocenters. The number of unbranched alkanes of at least 4 members (excludes halogenated alkanes) is 8. The number of carbonyl (C=O) groups excluding carboxylic acids is 1. The van der Waals surface area contributed by atoms with E-state index in [1.165, 1.54) is 32.1 Å². The van der Waals surface area contributed by atoms with Gasteiger partial charge in [0.25, 0.3) is 0 Å². The summed E-state index contributed by atoms with van der Waals surface area (Å²) in [7, 11) is 0. The van der Waals surface area contributed by atoms with Gasteiger partial charge in [-0.25, -0.2) is 4.79 Å². The molecule has 0 aromatic heterocycles. The smallest absolute Gasteiger partial charge is 0.333 e. The molecule has 0 amide bonds. The molecule has 0 fully saturated rings. The zero-order valence-corrected chi connectivity index (χ0v) is 23.8. The van der Waals surface area contributed by atoms with Crippen LogP contribution < -0.4 is 18.9 Å². The van der Waals surface area contributed by atoms with Crippen molar-refractivity contribution in [1.29, 1.82) is 5.26 Å². The largest absolute Gasteiger partial charge is 0.490 e. The summed E-state index contributed by atoms with van der Waals surface area (Å²) in [4.78, 5) is 11.3. The molecule has 7 nitrogen and oxygen atoms in total. The Balaban J connectivity index is 1.36. The van der Waals surface area contributed by atoms with E-state index in [1.54, 1.807) is 6.92 Å². The van der Waals surface area contributed by atoms with Gasteiger partial charge in [-0.1, -0.05) is 57.6 Å². The molecular weight excluding hydrogens is 506 g/mol. The second kappa shape index (κ2) is 16.9. The lowest BCUT2D eigenvalue weighted by molar-refractivity contribution is -0.139. The average Bonchev–Trinajstić information content (AvgIpc) is 3.43. The van der Waals surface area contributed by atoms with E-state index < -0.39 is 0 Å². The van der Waals surface area contributed by atoms with Crippen LogP contribution in [0.3, 0.4) is 0 Å². The van der Waals surface area contributed by atoms with Crippen LogP contribution in [0.5, 0.6) is 23.0 Å². The molecule has 0 aliphatic carbocycles. The van der Waals surface area contributed by atoms with Crippen molar-refractivity contribution in [3.05, 3.63) is 59.7 Å². The van der Waals surface area contributed by atoms with Crippen LogP contribution in [-0.2, 0) is 9.53 Å². The Morgan fingerprint density at radius 3 is 2.25 bits per heavy atom. The van der Waals surface area contributed by atoms with Crippen molar-refractivity contribution in [1.82, 2.24) is 0 Å². The van der Waals surface area contributed by atoms with Crippen molar-refractivity contribution in [2.24, 2.45) is 0 Å². The Morgan fingerprint density at radius 1 is 0.900 bits per heavy atom. The molecule has 0 radical (unpaired) electrons. The van der Waals surface area contributed by atoms with E-state index in [0.29, 0.717) is 48.2 Å². The van der Waals surface area contributed by atoms with Gasteiger partial charge < -0.3 is 23.7 Å². The monoisotopic (exact) mass is 547 g/mol. The highest BCUT2D eigenvalue weighted by molar-refractivity contribution is 5.90. The first-order valence-electron chi connectivity index (χ1n) is 14.3. The zero-order chi connectivity index (χ0) is 28.6. The lowest BCUT2D eigenvalue weighted by atomic mass is 10.0. The number of esters is 1. The van der Waals surface area contributed by atoms with Crippen molar-refractivity contribution in [3.8, 4) is 29.1 Å². The van der Waals surface area contributed by atoms with Crippen LogP contribution in [0.1, 0.15) is 82.8 Å². The van der Waals surface area contributed by atoms with E-state index in [4.69, 9.17) is 23.7 Å². The lowest BCUT2D eigenvalue weighted by Crippen LogP contribution is -2.05. The van der Waals surface area contributed by atoms with Gasteiger partial charge in [0.15, 0.2) is 23.0 Å². The van der Waals surface area contributed by atoms with Gasteiger partial charge in [-0.3, -0.25) is 0 Å². The van der Waals surface area contributed by atoms with Crippen LogP contribution in [0.15, 0.2) is 48.6 Å². The zero-order valence-electron chi connectivity index (χ0n) is 23.8. The average molecular weight is 548 g/mol. The third kappa shape index (κ3) is 10.00. The van der Waals surface area contributed by atoms with Gasteiger partial charge in [0.1, 0.15) is 0 Å². The van der Waals surface area contributed by atoms with Crippen molar-refractivity contribution in [2.45, 2.75) is 71.6 Å². The van der Waals surface area contributed by atoms with Gasteiger partial charge in [0, 0.05) is 5.57 Å². The summed E-state index contributed by atoms with van der Waals surface area (Å²) >= 11 is 0. The van der Waals surface area contributed by atoms with E-state index in [2.05, 4.69) is 12.6 Å². The van der Waals surface area contributed by atoms with E-state index in [9.17, 15) is 10.1 Å². The number of fused-ring (bicyclic) bond motifs is 1. The van der Waals surface area contributed by atoms with E-state index in [0.717, 1.165) is 42.6 Å². The molecule has 0 spiro atoms. The number of benzene rings is 2. The molecule has 1 aliphatic rings. The molecule has 1 aliphatic heterocycles. The third-order valence-corrected chi connectivity index (χ3v) is 6.51. The highest BCUT2D eigenvalue weighted by Crippen LogP contribution is 2.35. The first kappa shape index (κ1) is 30.6. The van der Waals surface area contributed by atoms with Crippen molar-refractivity contribution >= 4 is 17.6 Å². The molecule has 2 aromatic rings. The minimum Gasteiger partial charge on any atom is -0.490 e. The second-order valence-corrected chi connectivity index (χ2v) is 9.82. The minimum absolute atomic E-state index is 0.197. The Bertz CT molecular complexity index is 1200. The van der Waals surface area contributed by atoms with Gasteiger partial charge in [0.05, 0.1) is 31.5 Å². The number of ether oxygens (including phenoxy) is 5. The molecule has 0 saturated carbocycles. The molecule has 7 heteroatoms. The van der Waals surface area contributed by atoms with Crippen LogP contribution in [0.4, 0.5) is 0 Å². The van der Waals surface area contributed by atoms with Gasteiger partial charge in [-0.2, -0.15) is 5.26 Å². The molecular formula is C33H41NO6. The molecule has 0 saturated heterocycles. The fraction of sp³-hybridized carbons (Fsp3) is 0.455. The third-order valence-electron chi connectivity index (χ3n) is 6.51. The second-order valence-electron chi connectivity index (χ2n) is 9.82. The Morgan fingerprint density at radius 2 is 1.57 bits per heavy atom. The van der Waals surface area contributed by atoms with Gasteiger partial charge in [-0.15, -0.1) is 0 Å². The first-order valence-corrected chi connectivity index (χ1v) is 14.3. The highest BCUT2D eigenvalue weighted by atomic mass is 16.7. The number of rotatable bonds is 18. The molecule has 214 valence electrons. The summed E-state index contributed by atoms with van der Waals surface area (Å²) in [5.74, 6) is 2.43. The normalized spacial score (nSPS) is 12.1. The van der Waals surface area contributed by atoms with E-state index in [-0.39, 0.29) is 12.8 Å². The number of nitriles is 1. The fourth-order valence-electron chi connectivity index (χ4n) is 4.32. The maximum Gasteiger partial charge on any atom is 0.333 e. The van der Waals surface area contributed by atoms with Crippen LogP contribution in [-0.4, -0.2) is 32.6 Å². The summed E-state index contributed by atoms with van der Waals surface area (Å²) < 4.78 is 27.8. The molecule has 0 unspecified atom stereocenters. The molecule has 0 N–H and O–H groups in total. The van der Waals surface area contributed by atoms with Gasteiger partial charge in [-0.05, 0) is 74.2 Å². The predicted molar refractivity (Wildman–Crippen MR) is 156 cm³/mol. The molecule has 1 heterocycles. The first-order chi connectivity index (χ1) is 19.5. The van der Waals surface area contributed by atoms with Crippen molar-refractivity contribution in [3.63, 3.8) is 0 Å². The molecule has 0 bridgehead atoms. The predicted octanol–water partition coefficient (Wildman–Crippen LogP) is 7.89. The highest BCUT2D eigenvalue weighted by Gasteiger charge is 2.15. The van der Waals surface area contributed by atoms with Crippen LogP contribution in [0, 0.1) is 11.3 Å². The Labute approximate surface area is 238 Å². The summed E-state index contributed by atoms with van der Waals surface area (Å²) in [6, 6.07) is 13.5. The minimum atomic E-state index is -0.296. The van der Waals surface area contributed by atoms with Crippen molar-refractivity contribution in [2.75, 3.05) is 26.6 Å². The van der Waals surface area contributed by atoms with E-state index in [1.807, 2.05) is 49.4 Å². The van der Waals surface area contributed by atoms with Crippen LogP contribution >= 0.6 is 0 Å². The number of nitrogens with zero attached hydrogens (tertiary/aromatic N) is 1. The maximum atomic E-state index is 11.3. The summed E-state index contributed by atoms with van der Waals surface area (Å²) in [5, 5.41) is 9.76. The standard InChI is InChI=1S/C33H41NO6/c1-4-36-31-21-26(20-28(23-34)27-15-17-30-32(22-27)40-24-39-30)14-16-29(31)37-18-12-10-8-6-5-7-9-11-13-19-38-33(35)25(2)3/h14-17,20-22H,2,4-13,18-19,24H2,1,3H3/b28-20+.